The fourth-order valence-corrected chi connectivity index (χ4v) is 2.38. The minimum atomic E-state index is -0.832. The van der Waals surface area contributed by atoms with Crippen LogP contribution in [0.15, 0.2) is 15.8 Å². The Kier molecular flexibility index (Phi) is 8.16. The van der Waals surface area contributed by atoms with Crippen LogP contribution in [0.3, 0.4) is 0 Å². The van der Waals surface area contributed by atoms with Crippen molar-refractivity contribution in [1.82, 2.24) is 19.8 Å². The summed E-state index contributed by atoms with van der Waals surface area (Å²) in [4.78, 5) is 63.1. The van der Waals surface area contributed by atoms with Crippen molar-refractivity contribution in [2.24, 2.45) is 0 Å². The van der Waals surface area contributed by atoms with Crippen molar-refractivity contribution in [3.8, 4) is 0 Å². The van der Waals surface area contributed by atoms with Gasteiger partial charge < -0.3 is 19.7 Å². The largest absolute Gasteiger partial charge is 0.469 e. The number of aryl methyl sites for hydroxylation is 1. The van der Waals surface area contributed by atoms with E-state index in [1.165, 1.54) is 25.1 Å². The van der Waals surface area contributed by atoms with Gasteiger partial charge in [-0.3, -0.25) is 23.9 Å². The number of hydrogen-bond donors (Lipinski definition) is 2. The maximum absolute atomic E-state index is 12.8. The zero-order valence-electron chi connectivity index (χ0n) is 17.5. The summed E-state index contributed by atoms with van der Waals surface area (Å²) in [5.74, 6) is -1.09. The van der Waals surface area contributed by atoms with Crippen LogP contribution in [0, 0.1) is 6.92 Å². The van der Waals surface area contributed by atoms with Gasteiger partial charge in [-0.25, -0.2) is 9.59 Å². The average Bonchev–Trinajstić information content (AvgIpc) is 2.57. The van der Waals surface area contributed by atoms with Crippen molar-refractivity contribution in [3.05, 3.63) is 32.6 Å². The Labute approximate surface area is 168 Å². The first kappa shape index (κ1) is 23.9. The number of hydrogen-bond acceptors (Lipinski definition) is 7. The van der Waals surface area contributed by atoms with Crippen LogP contribution in [-0.2, 0) is 25.6 Å². The van der Waals surface area contributed by atoms with Crippen molar-refractivity contribution in [2.45, 2.75) is 59.4 Å². The lowest BCUT2D eigenvalue weighted by atomic mass is 10.2. The number of amides is 2. The normalized spacial score (nSPS) is 12.1. The molecule has 0 saturated carbocycles. The van der Waals surface area contributed by atoms with Crippen LogP contribution in [0.2, 0.25) is 0 Å². The number of alkyl carbamates (subject to hydrolysis) is 1. The van der Waals surface area contributed by atoms with Crippen LogP contribution in [0.5, 0.6) is 0 Å². The first-order chi connectivity index (χ1) is 13.3. The van der Waals surface area contributed by atoms with Gasteiger partial charge in [0.1, 0.15) is 18.3 Å². The fraction of sp³-hybridized carbons (Fsp3) is 0.611. The molecular weight excluding hydrogens is 384 g/mol. The molecule has 1 aromatic heterocycles. The quantitative estimate of drug-likeness (QED) is 0.478. The molecular formula is C18H28N4O7. The summed E-state index contributed by atoms with van der Waals surface area (Å²) in [6.45, 7) is 7.69. The topological polar surface area (TPSA) is 140 Å². The van der Waals surface area contributed by atoms with Gasteiger partial charge in [-0.05, 0) is 34.6 Å². The summed E-state index contributed by atoms with van der Waals surface area (Å²) in [7, 11) is 1.22. The summed E-state index contributed by atoms with van der Waals surface area (Å²) < 4.78 is 10.8. The molecule has 0 aromatic carbocycles. The van der Waals surface area contributed by atoms with Gasteiger partial charge in [-0.1, -0.05) is 0 Å². The lowest BCUT2D eigenvalue weighted by Gasteiger charge is -2.30. The number of nitrogens with one attached hydrogen (secondary N) is 2. The van der Waals surface area contributed by atoms with E-state index in [-0.39, 0.29) is 18.5 Å². The molecule has 0 spiro atoms. The summed E-state index contributed by atoms with van der Waals surface area (Å²) in [5, 5.41) is 2.53. The highest BCUT2D eigenvalue weighted by Gasteiger charge is 2.25. The molecule has 0 radical (unpaired) electrons. The molecule has 11 heteroatoms. The molecule has 1 heterocycles. The number of H-pyrrole nitrogens is 1. The van der Waals surface area contributed by atoms with E-state index in [1.807, 2.05) is 0 Å². The molecule has 0 fully saturated rings. The van der Waals surface area contributed by atoms with Crippen molar-refractivity contribution in [3.63, 3.8) is 0 Å². The molecule has 1 unspecified atom stereocenters. The van der Waals surface area contributed by atoms with Gasteiger partial charge >= 0.3 is 17.8 Å². The number of methoxy groups -OCH3 is 1. The van der Waals surface area contributed by atoms with Crippen LogP contribution in [0.1, 0.15) is 39.7 Å². The maximum Gasteiger partial charge on any atom is 0.409 e. The monoisotopic (exact) mass is 412 g/mol. The van der Waals surface area contributed by atoms with Crippen LogP contribution >= 0.6 is 0 Å². The Hall–Kier alpha value is -3.11. The average molecular weight is 412 g/mol. The molecule has 2 amide bonds. The molecule has 1 atom stereocenters. The molecule has 1 rings (SSSR count). The third kappa shape index (κ3) is 7.80. The van der Waals surface area contributed by atoms with Crippen molar-refractivity contribution >= 4 is 18.0 Å². The molecule has 29 heavy (non-hydrogen) atoms. The van der Waals surface area contributed by atoms with Gasteiger partial charge in [0.2, 0.25) is 5.91 Å². The summed E-state index contributed by atoms with van der Waals surface area (Å²) in [6.07, 6.45) is -0.412. The van der Waals surface area contributed by atoms with Gasteiger partial charge in [0.15, 0.2) is 0 Å². The van der Waals surface area contributed by atoms with E-state index in [9.17, 15) is 24.0 Å². The predicted molar refractivity (Wildman–Crippen MR) is 103 cm³/mol. The number of ether oxygens (including phenoxy) is 2. The third-order valence-electron chi connectivity index (χ3n) is 3.79. The van der Waals surface area contributed by atoms with Gasteiger partial charge in [-0.15, -0.1) is 0 Å². The number of esters is 1. The molecule has 1 aromatic rings. The smallest absolute Gasteiger partial charge is 0.409 e. The van der Waals surface area contributed by atoms with E-state index in [2.05, 4.69) is 15.0 Å². The number of rotatable bonds is 7. The van der Waals surface area contributed by atoms with Crippen LogP contribution < -0.4 is 16.6 Å². The van der Waals surface area contributed by atoms with Gasteiger partial charge in [0, 0.05) is 18.3 Å². The molecule has 0 aliphatic heterocycles. The fourth-order valence-electron chi connectivity index (χ4n) is 2.38. The van der Waals surface area contributed by atoms with E-state index in [0.29, 0.717) is 0 Å². The van der Waals surface area contributed by atoms with Gasteiger partial charge in [0.25, 0.3) is 5.56 Å². The number of carbonyl (C=O) groups is 3. The summed E-state index contributed by atoms with van der Waals surface area (Å²) in [6, 6.07) is 0. The van der Waals surface area contributed by atoms with E-state index < -0.39 is 47.5 Å². The van der Waals surface area contributed by atoms with Crippen molar-refractivity contribution in [2.75, 3.05) is 13.7 Å². The second kappa shape index (κ2) is 9.89. The molecule has 11 nitrogen and oxygen atoms in total. The maximum atomic E-state index is 12.8. The highest BCUT2D eigenvalue weighted by atomic mass is 16.6. The van der Waals surface area contributed by atoms with E-state index in [4.69, 9.17) is 4.74 Å². The lowest BCUT2D eigenvalue weighted by molar-refractivity contribution is -0.142. The molecule has 0 saturated heterocycles. The van der Waals surface area contributed by atoms with Crippen LogP contribution in [0.25, 0.3) is 0 Å². The second-order valence-corrected chi connectivity index (χ2v) is 7.43. The predicted octanol–water partition coefficient (Wildman–Crippen LogP) is 0.107. The minimum absolute atomic E-state index is 0.0560. The van der Waals surface area contributed by atoms with Crippen LogP contribution in [0.4, 0.5) is 4.79 Å². The Balaban J connectivity index is 3.01. The summed E-state index contributed by atoms with van der Waals surface area (Å²) >= 11 is 0. The first-order valence-corrected chi connectivity index (χ1v) is 9.00. The lowest BCUT2D eigenvalue weighted by Crippen LogP contribution is -2.52. The van der Waals surface area contributed by atoms with Gasteiger partial charge in [-0.2, -0.15) is 0 Å². The Morgan fingerprint density at radius 1 is 1.28 bits per heavy atom. The Morgan fingerprint density at radius 3 is 2.45 bits per heavy atom. The third-order valence-corrected chi connectivity index (χ3v) is 3.79. The van der Waals surface area contributed by atoms with Crippen LogP contribution in [-0.4, -0.2) is 57.8 Å². The number of aromatic amines is 1. The highest BCUT2D eigenvalue weighted by molar-refractivity contribution is 5.78. The zero-order chi connectivity index (χ0) is 22.4. The molecule has 0 aliphatic carbocycles. The highest BCUT2D eigenvalue weighted by Crippen LogP contribution is 2.08. The zero-order valence-corrected chi connectivity index (χ0v) is 17.5. The second-order valence-electron chi connectivity index (χ2n) is 7.43. The molecule has 162 valence electrons. The molecule has 0 aliphatic rings. The minimum Gasteiger partial charge on any atom is -0.469 e. The van der Waals surface area contributed by atoms with E-state index in [1.54, 1.807) is 27.7 Å². The van der Waals surface area contributed by atoms with E-state index >= 15 is 0 Å². The van der Waals surface area contributed by atoms with Crippen molar-refractivity contribution in [1.29, 1.82) is 0 Å². The number of nitrogens with zero attached hydrogens (tertiary/aromatic N) is 2. The molecule has 2 N–H and O–H groups in total. The van der Waals surface area contributed by atoms with Crippen molar-refractivity contribution < 1.29 is 23.9 Å². The standard InChI is InChI=1S/C18H28N4O7/c1-11-9-21(16(26)20-15(11)25)10-13(23)22(8-7-14(24)28-6)12(2)19-17(27)29-18(3,4)5/h9,12H,7-8,10H2,1-6H3,(H,19,27)(H,20,25,26). The Morgan fingerprint density at radius 2 is 1.90 bits per heavy atom. The first-order valence-electron chi connectivity index (χ1n) is 9.00. The number of carbonyl (C=O) groups excluding carboxylic acids is 3. The Bertz CT molecular complexity index is 866. The SMILES string of the molecule is COC(=O)CCN(C(=O)Cn1cc(C)c(=O)[nH]c1=O)C(C)NC(=O)OC(C)(C)C. The number of aromatic nitrogens is 2. The molecule has 0 bridgehead atoms. The summed E-state index contributed by atoms with van der Waals surface area (Å²) in [5.41, 5.74) is -1.75. The van der Waals surface area contributed by atoms with E-state index in [0.717, 1.165) is 4.57 Å². The van der Waals surface area contributed by atoms with Gasteiger partial charge in [0.05, 0.1) is 13.5 Å².